The van der Waals surface area contributed by atoms with Crippen molar-refractivity contribution in [1.29, 1.82) is 0 Å². The van der Waals surface area contributed by atoms with Crippen molar-refractivity contribution in [1.82, 2.24) is 9.97 Å². The Morgan fingerprint density at radius 3 is 1.83 bits per heavy atom. The number of hydrogen-bond donors (Lipinski definition) is 0. The molecule has 5 aromatic rings. The van der Waals surface area contributed by atoms with Gasteiger partial charge < -0.3 is 4.74 Å². The van der Waals surface area contributed by atoms with Crippen LogP contribution >= 0.6 is 23.2 Å². The number of hydrogen-bond acceptors (Lipinski definition) is 5. The predicted octanol–water partition coefficient (Wildman–Crippen LogP) is 7.31. The van der Waals surface area contributed by atoms with Crippen molar-refractivity contribution in [3.63, 3.8) is 0 Å². The highest BCUT2D eigenvalue weighted by Gasteiger charge is 2.17. The van der Waals surface area contributed by atoms with E-state index in [0.717, 1.165) is 16.8 Å². The molecule has 0 N–H and O–H groups in total. The van der Waals surface area contributed by atoms with E-state index in [2.05, 4.69) is 0 Å². The minimum atomic E-state index is -0.638. The number of carbonyl (C=O) groups excluding carboxylic acids is 2. The molecule has 0 radical (unpaired) electrons. The Hall–Kier alpha value is -4.06. The molecule has 0 aliphatic heterocycles. The van der Waals surface area contributed by atoms with E-state index in [4.69, 9.17) is 37.9 Å². The Morgan fingerprint density at radius 1 is 0.639 bits per heavy atom. The number of carbonyl (C=O) groups is 2. The van der Waals surface area contributed by atoms with Gasteiger partial charge in [-0.2, -0.15) is 0 Å². The average Bonchev–Trinajstić information content (AvgIpc) is 2.93. The summed E-state index contributed by atoms with van der Waals surface area (Å²) in [4.78, 5) is 34.9. The lowest BCUT2D eigenvalue weighted by atomic mass is 10.0. The summed E-state index contributed by atoms with van der Waals surface area (Å²) >= 11 is 11.9. The topological polar surface area (TPSA) is 69.2 Å². The van der Waals surface area contributed by atoms with E-state index in [0.29, 0.717) is 27.3 Å². The van der Waals surface area contributed by atoms with Crippen LogP contribution < -0.4 is 0 Å². The van der Waals surface area contributed by atoms with Gasteiger partial charge in [-0.25, -0.2) is 14.8 Å². The van der Waals surface area contributed by atoms with Crippen LogP contribution in [-0.4, -0.2) is 28.3 Å². The van der Waals surface area contributed by atoms with Gasteiger partial charge in [0.15, 0.2) is 12.4 Å². The summed E-state index contributed by atoms with van der Waals surface area (Å²) in [5.74, 6) is -1.03. The summed E-state index contributed by atoms with van der Waals surface area (Å²) in [5, 5.41) is 0.596. The van der Waals surface area contributed by atoms with Gasteiger partial charge in [0, 0.05) is 16.7 Å². The van der Waals surface area contributed by atoms with Crippen LogP contribution in [0.25, 0.3) is 33.5 Å². The van der Waals surface area contributed by atoms with E-state index in [-0.39, 0.29) is 16.4 Å². The quantitative estimate of drug-likeness (QED) is 0.176. The fraction of sp³-hybridized carbons (Fsp3) is 0.0345. The van der Waals surface area contributed by atoms with E-state index in [9.17, 15) is 9.59 Å². The molecule has 5 nitrogen and oxygen atoms in total. The van der Waals surface area contributed by atoms with Crippen molar-refractivity contribution in [2.75, 3.05) is 6.61 Å². The Kier molecular flexibility index (Phi) is 6.76. The second-order valence-corrected chi connectivity index (χ2v) is 8.80. The Bertz CT molecular complexity index is 1590. The van der Waals surface area contributed by atoms with E-state index < -0.39 is 12.6 Å². The smallest absolute Gasteiger partial charge is 0.338 e. The number of benzene rings is 4. The van der Waals surface area contributed by atoms with Crippen LogP contribution in [0, 0.1) is 0 Å². The molecule has 0 atom stereocenters. The molecule has 176 valence electrons. The minimum absolute atomic E-state index is 0.256. The molecular formula is C29H18Cl2N2O3. The SMILES string of the molecule is O=C(COC(=O)c1ccc2nc(-c3ccccc3)c(-c3ccccc3)nc2c1)c1ccc(Cl)c(Cl)c1. The van der Waals surface area contributed by atoms with Crippen molar-refractivity contribution >= 4 is 46.0 Å². The van der Waals surface area contributed by atoms with E-state index in [1.165, 1.54) is 18.2 Å². The molecule has 7 heteroatoms. The lowest BCUT2D eigenvalue weighted by Crippen LogP contribution is -2.14. The van der Waals surface area contributed by atoms with E-state index in [1.54, 1.807) is 18.2 Å². The monoisotopic (exact) mass is 512 g/mol. The van der Waals surface area contributed by atoms with Gasteiger partial charge >= 0.3 is 5.97 Å². The van der Waals surface area contributed by atoms with Crippen molar-refractivity contribution in [2.45, 2.75) is 0 Å². The molecule has 0 aliphatic carbocycles. The highest BCUT2D eigenvalue weighted by Crippen LogP contribution is 2.31. The number of esters is 1. The largest absolute Gasteiger partial charge is 0.454 e. The Morgan fingerprint density at radius 2 is 1.22 bits per heavy atom. The molecule has 0 saturated carbocycles. The number of aromatic nitrogens is 2. The Balaban J connectivity index is 1.45. The standard InChI is InChI=1S/C29H18Cl2N2O3/c30-22-13-11-20(15-23(22)31)26(34)17-36-29(35)21-12-14-24-25(16-21)33-28(19-9-5-2-6-10-19)27(32-24)18-7-3-1-4-8-18/h1-16H,17H2. The number of Topliss-reactive ketones (excluding diaryl/α,β-unsaturated/α-hetero) is 1. The van der Waals surface area contributed by atoms with Crippen LogP contribution in [-0.2, 0) is 4.74 Å². The van der Waals surface area contributed by atoms with E-state index >= 15 is 0 Å². The molecule has 0 saturated heterocycles. The van der Waals surface area contributed by atoms with Crippen molar-refractivity contribution in [3.05, 3.63) is 118 Å². The average molecular weight is 513 g/mol. The Labute approximate surface area is 217 Å². The van der Waals surface area contributed by atoms with Gasteiger partial charge in [-0.3, -0.25) is 4.79 Å². The predicted molar refractivity (Wildman–Crippen MR) is 141 cm³/mol. The van der Waals surface area contributed by atoms with Gasteiger partial charge in [-0.15, -0.1) is 0 Å². The molecular weight excluding hydrogens is 495 g/mol. The molecule has 5 rings (SSSR count). The molecule has 1 heterocycles. The fourth-order valence-electron chi connectivity index (χ4n) is 3.74. The highest BCUT2D eigenvalue weighted by atomic mass is 35.5. The summed E-state index contributed by atoms with van der Waals surface area (Å²) in [6, 6.07) is 29.0. The van der Waals surface area contributed by atoms with Crippen LogP contribution in [0.5, 0.6) is 0 Å². The first-order valence-electron chi connectivity index (χ1n) is 11.1. The molecule has 0 unspecified atom stereocenters. The lowest BCUT2D eigenvalue weighted by Gasteiger charge is -2.11. The van der Waals surface area contributed by atoms with Gasteiger partial charge in [0.05, 0.1) is 38.0 Å². The highest BCUT2D eigenvalue weighted by molar-refractivity contribution is 6.42. The summed E-state index contributed by atoms with van der Waals surface area (Å²) in [5.41, 5.74) is 5.05. The number of halogens is 2. The van der Waals surface area contributed by atoms with Crippen LogP contribution in [0.1, 0.15) is 20.7 Å². The van der Waals surface area contributed by atoms with Crippen LogP contribution in [0.3, 0.4) is 0 Å². The maximum atomic E-state index is 12.7. The normalized spacial score (nSPS) is 10.8. The zero-order valence-electron chi connectivity index (χ0n) is 18.8. The second kappa shape index (κ2) is 10.3. The molecule has 1 aromatic heterocycles. The van der Waals surface area contributed by atoms with Gasteiger partial charge in [-0.1, -0.05) is 83.9 Å². The summed E-state index contributed by atoms with van der Waals surface area (Å²) in [6.45, 7) is -0.428. The van der Waals surface area contributed by atoms with Crippen molar-refractivity contribution in [3.8, 4) is 22.5 Å². The zero-order chi connectivity index (χ0) is 25.1. The number of nitrogens with zero attached hydrogens (tertiary/aromatic N) is 2. The number of rotatable bonds is 6. The maximum absolute atomic E-state index is 12.7. The third kappa shape index (κ3) is 4.98. The zero-order valence-corrected chi connectivity index (χ0v) is 20.3. The van der Waals surface area contributed by atoms with Crippen molar-refractivity contribution in [2.24, 2.45) is 0 Å². The first-order valence-corrected chi connectivity index (χ1v) is 11.8. The van der Waals surface area contributed by atoms with Gasteiger partial charge in [-0.05, 0) is 36.4 Å². The maximum Gasteiger partial charge on any atom is 0.338 e. The number of ether oxygens (including phenoxy) is 1. The molecule has 0 amide bonds. The minimum Gasteiger partial charge on any atom is -0.454 e. The van der Waals surface area contributed by atoms with Gasteiger partial charge in [0.2, 0.25) is 0 Å². The van der Waals surface area contributed by atoms with Crippen LogP contribution in [0.15, 0.2) is 97.1 Å². The van der Waals surface area contributed by atoms with Crippen LogP contribution in [0.2, 0.25) is 10.0 Å². The van der Waals surface area contributed by atoms with E-state index in [1.807, 2.05) is 60.7 Å². The van der Waals surface area contributed by atoms with Gasteiger partial charge in [0.25, 0.3) is 0 Å². The fourth-order valence-corrected chi connectivity index (χ4v) is 4.04. The molecule has 4 aromatic carbocycles. The first-order chi connectivity index (χ1) is 17.5. The summed E-state index contributed by atoms with van der Waals surface area (Å²) in [7, 11) is 0. The van der Waals surface area contributed by atoms with Crippen molar-refractivity contribution < 1.29 is 14.3 Å². The third-order valence-electron chi connectivity index (χ3n) is 5.57. The second-order valence-electron chi connectivity index (χ2n) is 7.98. The van der Waals surface area contributed by atoms with Gasteiger partial charge in [0.1, 0.15) is 0 Å². The molecule has 0 fully saturated rings. The molecule has 0 spiro atoms. The number of ketones is 1. The summed E-state index contributed by atoms with van der Waals surface area (Å²) in [6.07, 6.45) is 0. The third-order valence-corrected chi connectivity index (χ3v) is 6.31. The summed E-state index contributed by atoms with van der Waals surface area (Å²) < 4.78 is 5.26. The molecule has 0 bridgehead atoms. The number of fused-ring (bicyclic) bond motifs is 1. The first kappa shape index (κ1) is 23.7. The lowest BCUT2D eigenvalue weighted by molar-refractivity contribution is 0.0475. The molecule has 0 aliphatic rings. The molecule has 36 heavy (non-hydrogen) atoms. The van der Waals surface area contributed by atoms with Crippen LogP contribution in [0.4, 0.5) is 0 Å².